The number of hydrogen-bond donors (Lipinski definition) is 3. The fourth-order valence-corrected chi connectivity index (χ4v) is 3.38. The summed E-state index contributed by atoms with van der Waals surface area (Å²) in [6.45, 7) is 1.74. The lowest BCUT2D eigenvalue weighted by Crippen LogP contribution is -2.58. The molecule has 0 aromatic heterocycles. The van der Waals surface area contributed by atoms with Crippen molar-refractivity contribution in [1.29, 1.82) is 0 Å². The van der Waals surface area contributed by atoms with E-state index in [9.17, 15) is 14.4 Å². The zero-order valence-electron chi connectivity index (χ0n) is 13.1. The van der Waals surface area contributed by atoms with Gasteiger partial charge in [0.2, 0.25) is 5.91 Å². The van der Waals surface area contributed by atoms with Crippen molar-refractivity contribution in [2.45, 2.75) is 37.9 Å². The highest BCUT2D eigenvalue weighted by molar-refractivity contribution is 6.31. The van der Waals surface area contributed by atoms with Crippen molar-refractivity contribution in [3.8, 4) is 0 Å². The lowest BCUT2D eigenvalue weighted by Gasteiger charge is -2.40. The molecule has 24 heavy (non-hydrogen) atoms. The number of fused-ring (bicyclic) bond motifs is 1. The summed E-state index contributed by atoms with van der Waals surface area (Å²) in [6.07, 6.45) is 0.973. The molecule has 1 aromatic carbocycles. The highest BCUT2D eigenvalue weighted by Gasteiger charge is 2.41. The molecule has 0 aliphatic carbocycles. The van der Waals surface area contributed by atoms with Gasteiger partial charge < -0.3 is 20.6 Å². The third-order valence-corrected chi connectivity index (χ3v) is 4.88. The zero-order chi connectivity index (χ0) is 17.5. The average molecular weight is 352 g/mol. The Kier molecular flexibility index (Phi) is 4.13. The molecule has 1 saturated heterocycles. The Bertz CT molecular complexity index is 723. The maximum atomic E-state index is 12.4. The summed E-state index contributed by atoms with van der Waals surface area (Å²) >= 11 is 5.93. The molecule has 0 saturated carbocycles. The Morgan fingerprint density at radius 1 is 1.33 bits per heavy atom. The molecule has 2 atom stereocenters. The van der Waals surface area contributed by atoms with Gasteiger partial charge in [0, 0.05) is 30.1 Å². The van der Waals surface area contributed by atoms with E-state index >= 15 is 0 Å². The summed E-state index contributed by atoms with van der Waals surface area (Å²) in [4.78, 5) is 37.2. The van der Waals surface area contributed by atoms with E-state index < -0.39 is 17.7 Å². The Labute approximate surface area is 144 Å². The molecule has 2 aliphatic heterocycles. The molecule has 3 N–H and O–H groups in total. The molecule has 7 nitrogen and oxygen atoms in total. The van der Waals surface area contributed by atoms with Crippen LogP contribution in [0.1, 0.15) is 36.5 Å². The third kappa shape index (κ3) is 2.91. The van der Waals surface area contributed by atoms with Crippen molar-refractivity contribution in [3.63, 3.8) is 0 Å². The lowest BCUT2D eigenvalue weighted by atomic mass is 9.95. The number of hydrogen-bond acceptors (Lipinski definition) is 4. The zero-order valence-corrected chi connectivity index (χ0v) is 13.9. The normalized spacial score (nSPS) is 24.7. The number of nitrogens with one attached hydrogen (secondary N) is 2. The number of carboxylic acids is 1. The second kappa shape index (κ2) is 5.98. The maximum absolute atomic E-state index is 12.4. The minimum Gasteiger partial charge on any atom is -0.480 e. The second-order valence-corrected chi connectivity index (χ2v) is 6.64. The van der Waals surface area contributed by atoms with Crippen molar-refractivity contribution >= 4 is 35.1 Å². The van der Waals surface area contributed by atoms with Gasteiger partial charge in [0.25, 0.3) is 5.91 Å². The number of nitrogens with zero attached hydrogens (tertiary/aromatic N) is 1. The summed E-state index contributed by atoms with van der Waals surface area (Å²) in [6, 6.07) is 4.13. The summed E-state index contributed by atoms with van der Waals surface area (Å²) in [5.41, 5.74) is 0.357. The number of carboxylic acid groups (broad SMARTS) is 1. The van der Waals surface area contributed by atoms with Crippen molar-refractivity contribution in [3.05, 3.63) is 28.8 Å². The second-order valence-electron chi connectivity index (χ2n) is 6.20. The van der Waals surface area contributed by atoms with Gasteiger partial charge in [0.15, 0.2) is 0 Å². The highest BCUT2D eigenvalue weighted by Crippen LogP contribution is 2.33. The molecule has 0 radical (unpaired) electrons. The number of halogens is 1. The average Bonchev–Trinajstić information content (AvgIpc) is 2.68. The van der Waals surface area contributed by atoms with Crippen molar-refractivity contribution in [2.24, 2.45) is 0 Å². The molecule has 3 rings (SSSR count). The van der Waals surface area contributed by atoms with Gasteiger partial charge >= 0.3 is 5.97 Å². The molecule has 0 unspecified atom stereocenters. The topological polar surface area (TPSA) is 98.7 Å². The standard InChI is InChI=1S/C16H18ClN3O4/c1-9(15(23)24)20-7-6-16(5-4-13(20)21)18-12-3-2-10(17)8-11(12)14(22)19-16/h2-3,8-9,18H,4-7H2,1H3,(H,19,22)(H,23,24)/t9-,16+/m1/s1. The van der Waals surface area contributed by atoms with E-state index in [2.05, 4.69) is 10.6 Å². The highest BCUT2D eigenvalue weighted by atomic mass is 35.5. The first-order chi connectivity index (χ1) is 11.3. The van der Waals surface area contributed by atoms with Crippen LogP contribution >= 0.6 is 11.6 Å². The summed E-state index contributed by atoms with van der Waals surface area (Å²) < 4.78 is 0. The quantitative estimate of drug-likeness (QED) is 0.753. The summed E-state index contributed by atoms with van der Waals surface area (Å²) in [7, 11) is 0. The van der Waals surface area contributed by atoms with Crippen molar-refractivity contribution in [2.75, 3.05) is 11.9 Å². The summed E-state index contributed by atoms with van der Waals surface area (Å²) in [5, 5.41) is 15.9. The van der Waals surface area contributed by atoms with Crippen LogP contribution in [0.15, 0.2) is 18.2 Å². The van der Waals surface area contributed by atoms with Gasteiger partial charge in [-0.1, -0.05) is 11.6 Å². The fraction of sp³-hybridized carbons (Fsp3) is 0.438. The first-order valence-corrected chi connectivity index (χ1v) is 8.12. The third-order valence-electron chi connectivity index (χ3n) is 4.64. The number of anilines is 1. The molecule has 1 aromatic rings. The Morgan fingerprint density at radius 2 is 2.08 bits per heavy atom. The van der Waals surface area contributed by atoms with E-state index in [1.807, 2.05) is 0 Å². The lowest BCUT2D eigenvalue weighted by molar-refractivity contribution is -0.149. The van der Waals surface area contributed by atoms with Crippen LogP contribution in [-0.2, 0) is 9.59 Å². The van der Waals surface area contributed by atoms with E-state index in [4.69, 9.17) is 16.7 Å². The molecule has 2 amide bonds. The SMILES string of the molecule is C[C@H](C(=O)O)N1CC[C@]2(CCC1=O)NC(=O)c1cc(Cl)ccc1N2. The first kappa shape index (κ1) is 16.6. The molecule has 0 bridgehead atoms. The minimum atomic E-state index is -1.04. The molecule has 1 fully saturated rings. The Morgan fingerprint density at radius 3 is 2.79 bits per heavy atom. The van der Waals surface area contributed by atoms with Gasteiger partial charge in [0.05, 0.1) is 5.56 Å². The molecular formula is C16H18ClN3O4. The van der Waals surface area contributed by atoms with Crippen molar-refractivity contribution in [1.82, 2.24) is 10.2 Å². The largest absolute Gasteiger partial charge is 0.480 e. The van der Waals surface area contributed by atoms with Crippen LogP contribution in [0, 0.1) is 0 Å². The van der Waals surface area contributed by atoms with E-state index in [1.54, 1.807) is 18.2 Å². The smallest absolute Gasteiger partial charge is 0.326 e. The van der Waals surface area contributed by atoms with Crippen LogP contribution in [0.3, 0.4) is 0 Å². The monoisotopic (exact) mass is 351 g/mol. The maximum Gasteiger partial charge on any atom is 0.326 e. The van der Waals surface area contributed by atoms with Gasteiger partial charge in [0.1, 0.15) is 11.7 Å². The predicted molar refractivity (Wildman–Crippen MR) is 87.9 cm³/mol. The minimum absolute atomic E-state index is 0.161. The van der Waals surface area contributed by atoms with Gasteiger partial charge in [-0.15, -0.1) is 0 Å². The Hall–Kier alpha value is -2.28. The number of aliphatic carboxylic acids is 1. The van der Waals surface area contributed by atoms with Gasteiger partial charge in [-0.25, -0.2) is 4.79 Å². The van der Waals surface area contributed by atoms with Crippen LogP contribution in [0.25, 0.3) is 0 Å². The van der Waals surface area contributed by atoms with E-state index in [-0.39, 0.29) is 24.8 Å². The molecular weight excluding hydrogens is 334 g/mol. The van der Waals surface area contributed by atoms with Gasteiger partial charge in [-0.2, -0.15) is 0 Å². The van der Waals surface area contributed by atoms with Gasteiger partial charge in [-0.3, -0.25) is 9.59 Å². The number of benzene rings is 1. The van der Waals surface area contributed by atoms with Crippen LogP contribution in [0.5, 0.6) is 0 Å². The van der Waals surface area contributed by atoms with Crippen LogP contribution < -0.4 is 10.6 Å². The van der Waals surface area contributed by atoms with Crippen LogP contribution in [0.2, 0.25) is 5.02 Å². The van der Waals surface area contributed by atoms with Crippen LogP contribution in [0.4, 0.5) is 5.69 Å². The predicted octanol–water partition coefficient (Wildman–Crippen LogP) is 1.68. The fourth-order valence-electron chi connectivity index (χ4n) is 3.20. The van der Waals surface area contributed by atoms with Gasteiger partial charge in [-0.05, 0) is 31.5 Å². The number of carbonyl (C=O) groups is 3. The first-order valence-electron chi connectivity index (χ1n) is 7.74. The van der Waals surface area contributed by atoms with E-state index in [0.29, 0.717) is 29.1 Å². The molecule has 2 aliphatic rings. The molecule has 128 valence electrons. The van der Waals surface area contributed by atoms with E-state index in [0.717, 1.165) is 0 Å². The van der Waals surface area contributed by atoms with Crippen molar-refractivity contribution < 1.29 is 19.5 Å². The van der Waals surface area contributed by atoms with Crippen LogP contribution in [-0.4, -0.2) is 46.0 Å². The number of rotatable bonds is 2. The van der Waals surface area contributed by atoms with E-state index in [1.165, 1.54) is 11.8 Å². The summed E-state index contributed by atoms with van der Waals surface area (Å²) in [5.74, 6) is -1.52. The number of amides is 2. The molecule has 2 heterocycles. The number of likely N-dealkylation sites (tertiary alicyclic amines) is 1. The molecule has 8 heteroatoms. The Balaban J connectivity index is 1.85. The number of carbonyl (C=O) groups excluding carboxylic acids is 2. The molecule has 1 spiro atoms.